The SMILES string of the molecule is CCCC1=[C]([Hf+2][C]2=C(CCC)C=CC2)CC=C1.[Br-].[Br-]. The second-order valence-electron chi connectivity index (χ2n) is 4.85. The van der Waals surface area contributed by atoms with Gasteiger partial charge in [-0.15, -0.1) is 0 Å². The van der Waals surface area contributed by atoms with Crippen molar-refractivity contribution >= 4 is 0 Å². The smallest absolute Gasteiger partial charge is 1.00 e. The minimum Gasteiger partial charge on any atom is -1.00 e. The fourth-order valence-electron chi connectivity index (χ4n) is 2.55. The number of hydrogen-bond acceptors (Lipinski definition) is 0. The van der Waals surface area contributed by atoms with Crippen LogP contribution in [-0.2, 0) is 22.9 Å². The van der Waals surface area contributed by atoms with Crippen molar-refractivity contribution in [2.45, 2.75) is 52.4 Å². The third-order valence-electron chi connectivity index (χ3n) is 3.40. The molecule has 0 aromatic carbocycles. The first kappa shape index (κ1) is 19.8. The van der Waals surface area contributed by atoms with Gasteiger partial charge in [-0.1, -0.05) is 0 Å². The summed E-state index contributed by atoms with van der Waals surface area (Å²) >= 11 is -0.683. The van der Waals surface area contributed by atoms with E-state index in [1.54, 1.807) is 11.1 Å². The van der Waals surface area contributed by atoms with Gasteiger partial charge in [0.05, 0.1) is 0 Å². The predicted octanol–water partition coefficient (Wildman–Crippen LogP) is -0.895. The normalized spacial score (nSPS) is 16.5. The molecular weight excluding hydrogens is 530 g/mol. The van der Waals surface area contributed by atoms with Gasteiger partial charge in [0.1, 0.15) is 0 Å². The van der Waals surface area contributed by atoms with Crippen molar-refractivity contribution in [3.8, 4) is 0 Å². The molecule has 2 aliphatic rings. The van der Waals surface area contributed by atoms with Gasteiger partial charge in [-0.2, -0.15) is 0 Å². The third kappa shape index (κ3) is 5.59. The Labute approximate surface area is 150 Å². The minimum atomic E-state index is -0.683. The molecule has 0 N–H and O–H groups in total. The maximum atomic E-state index is 2.40. The van der Waals surface area contributed by atoms with Crippen LogP contribution in [0.3, 0.4) is 0 Å². The van der Waals surface area contributed by atoms with E-state index in [1.807, 2.05) is 6.66 Å². The average Bonchev–Trinajstić information content (AvgIpc) is 2.92. The molecule has 0 radical (unpaired) electrons. The van der Waals surface area contributed by atoms with Gasteiger partial charge in [0.15, 0.2) is 0 Å². The molecule has 0 saturated heterocycles. The molecular formula is C16H22Br2Hf. The molecule has 0 aromatic heterocycles. The maximum absolute atomic E-state index is 2.40. The van der Waals surface area contributed by atoms with Gasteiger partial charge in [-0.05, 0) is 0 Å². The van der Waals surface area contributed by atoms with Crippen LogP contribution < -0.4 is 34.0 Å². The maximum Gasteiger partial charge on any atom is -1.00 e. The van der Waals surface area contributed by atoms with Crippen molar-refractivity contribution in [1.82, 2.24) is 0 Å². The van der Waals surface area contributed by atoms with Crippen molar-refractivity contribution in [3.63, 3.8) is 0 Å². The summed E-state index contributed by atoms with van der Waals surface area (Å²) in [6.45, 7) is 4.59. The molecule has 0 aromatic rings. The van der Waals surface area contributed by atoms with Crippen LogP contribution in [0.5, 0.6) is 0 Å². The number of halogens is 2. The standard InChI is InChI=1S/2C8H11.2BrH.Hf/c2*1-2-5-8-6-3-4-7-8;;;/h2*3,6H,2,4-5H2,1H3;2*1H;/q;;;;+2/p-2. The van der Waals surface area contributed by atoms with E-state index in [0.29, 0.717) is 0 Å². The Kier molecular flexibility index (Phi) is 10.9. The topological polar surface area (TPSA) is 0 Å². The predicted molar refractivity (Wildman–Crippen MR) is 71.4 cm³/mol. The Morgan fingerprint density at radius 1 is 0.842 bits per heavy atom. The Morgan fingerprint density at radius 3 is 1.63 bits per heavy atom. The minimum absolute atomic E-state index is 0. The van der Waals surface area contributed by atoms with E-state index in [-0.39, 0.29) is 34.0 Å². The molecule has 0 fully saturated rings. The first-order valence-corrected chi connectivity index (χ1v) is 10.5. The van der Waals surface area contributed by atoms with Gasteiger partial charge in [0.25, 0.3) is 0 Å². The fraction of sp³-hybridized carbons (Fsp3) is 0.500. The van der Waals surface area contributed by atoms with E-state index < -0.39 is 22.9 Å². The molecule has 0 nitrogen and oxygen atoms in total. The largest absolute Gasteiger partial charge is 1.00 e. The Hall–Kier alpha value is 0.790. The van der Waals surface area contributed by atoms with E-state index in [0.717, 1.165) is 0 Å². The molecule has 19 heavy (non-hydrogen) atoms. The summed E-state index contributed by atoms with van der Waals surface area (Å²) in [6.07, 6.45) is 17.3. The van der Waals surface area contributed by atoms with Crippen LogP contribution in [0.2, 0.25) is 0 Å². The second-order valence-corrected chi connectivity index (χ2v) is 10.1. The van der Waals surface area contributed by atoms with E-state index in [2.05, 4.69) is 38.2 Å². The van der Waals surface area contributed by atoms with E-state index in [1.165, 1.54) is 38.5 Å². The van der Waals surface area contributed by atoms with Gasteiger partial charge in [0, 0.05) is 0 Å². The fourth-order valence-corrected chi connectivity index (χ4v) is 8.09. The molecule has 2 aliphatic carbocycles. The Balaban J connectivity index is 0.00000162. The van der Waals surface area contributed by atoms with Crippen LogP contribution in [-0.4, -0.2) is 0 Å². The van der Waals surface area contributed by atoms with Crippen LogP contribution in [0.4, 0.5) is 0 Å². The summed E-state index contributed by atoms with van der Waals surface area (Å²) in [7, 11) is 0. The van der Waals surface area contributed by atoms with Gasteiger partial charge in [-0.25, -0.2) is 0 Å². The molecule has 0 unspecified atom stereocenters. The Bertz CT molecular complexity index is 365. The van der Waals surface area contributed by atoms with Crippen molar-refractivity contribution < 1.29 is 56.9 Å². The second kappa shape index (κ2) is 10.5. The summed E-state index contributed by atoms with van der Waals surface area (Å²) in [6, 6.07) is 0. The van der Waals surface area contributed by atoms with Crippen LogP contribution >= 0.6 is 0 Å². The first-order chi connectivity index (χ1) is 8.35. The molecule has 0 amide bonds. The zero-order valence-corrected chi connectivity index (χ0v) is 18.6. The monoisotopic (exact) mass is 552 g/mol. The van der Waals surface area contributed by atoms with Crippen molar-refractivity contribution in [3.05, 3.63) is 42.1 Å². The summed E-state index contributed by atoms with van der Waals surface area (Å²) in [5, 5.41) is 0. The van der Waals surface area contributed by atoms with Crippen LogP contribution in [0.25, 0.3) is 0 Å². The summed E-state index contributed by atoms with van der Waals surface area (Å²) < 4.78 is 3.75. The quantitative estimate of drug-likeness (QED) is 0.375. The Morgan fingerprint density at radius 2 is 1.26 bits per heavy atom. The summed E-state index contributed by atoms with van der Waals surface area (Å²) in [5.74, 6) is 0. The van der Waals surface area contributed by atoms with Gasteiger partial charge in [-0.3, -0.25) is 0 Å². The molecule has 0 heterocycles. The molecule has 0 bridgehead atoms. The number of hydrogen-bond donors (Lipinski definition) is 0. The third-order valence-corrected chi connectivity index (χ3v) is 9.34. The van der Waals surface area contributed by atoms with Crippen molar-refractivity contribution in [2.75, 3.05) is 0 Å². The molecule has 2 rings (SSSR count). The van der Waals surface area contributed by atoms with E-state index >= 15 is 0 Å². The van der Waals surface area contributed by atoms with E-state index in [9.17, 15) is 0 Å². The van der Waals surface area contributed by atoms with Crippen molar-refractivity contribution in [1.29, 1.82) is 0 Å². The van der Waals surface area contributed by atoms with Crippen LogP contribution in [0, 0.1) is 0 Å². The number of allylic oxidation sites excluding steroid dienone is 8. The molecule has 0 atom stereocenters. The molecule has 0 saturated carbocycles. The first-order valence-electron chi connectivity index (χ1n) is 6.89. The zero-order valence-electron chi connectivity index (χ0n) is 11.8. The molecule has 0 spiro atoms. The van der Waals surface area contributed by atoms with Gasteiger partial charge in [0.2, 0.25) is 0 Å². The average molecular weight is 553 g/mol. The van der Waals surface area contributed by atoms with Crippen molar-refractivity contribution in [2.24, 2.45) is 0 Å². The summed E-state index contributed by atoms with van der Waals surface area (Å²) in [5.41, 5.74) is 3.40. The molecule has 3 heteroatoms. The molecule has 0 aliphatic heterocycles. The summed E-state index contributed by atoms with van der Waals surface area (Å²) in [4.78, 5) is 0. The zero-order chi connectivity index (χ0) is 12.1. The van der Waals surface area contributed by atoms with E-state index in [4.69, 9.17) is 0 Å². The van der Waals surface area contributed by atoms with Crippen LogP contribution in [0.1, 0.15) is 52.4 Å². The van der Waals surface area contributed by atoms with Gasteiger partial charge >= 0.3 is 117 Å². The van der Waals surface area contributed by atoms with Crippen LogP contribution in [0.15, 0.2) is 42.1 Å². The molecule has 104 valence electrons. The van der Waals surface area contributed by atoms with Gasteiger partial charge < -0.3 is 34.0 Å². The number of rotatable bonds is 6.